The zero-order valence-corrected chi connectivity index (χ0v) is 8.47. The first-order valence-electron chi connectivity index (χ1n) is 4.47. The van der Waals surface area contributed by atoms with Crippen molar-refractivity contribution in [1.29, 1.82) is 0 Å². The number of phenols is 1. The molecule has 5 heteroatoms. The molecule has 3 N–H and O–H groups in total. The number of primary amides is 1. The SMILES string of the molecule is C=CC(=O)Oc1cc(CC(N)=O)ccc1O. The van der Waals surface area contributed by atoms with Crippen LogP contribution >= 0.6 is 0 Å². The lowest BCUT2D eigenvalue weighted by molar-refractivity contribution is -0.129. The van der Waals surface area contributed by atoms with Gasteiger partial charge < -0.3 is 15.6 Å². The van der Waals surface area contributed by atoms with Gasteiger partial charge in [-0.1, -0.05) is 12.6 Å². The molecule has 84 valence electrons. The van der Waals surface area contributed by atoms with Gasteiger partial charge >= 0.3 is 5.97 Å². The quantitative estimate of drug-likeness (QED) is 0.440. The molecular formula is C11H11NO4. The second-order valence-corrected chi connectivity index (χ2v) is 3.07. The van der Waals surface area contributed by atoms with E-state index in [1.165, 1.54) is 18.2 Å². The van der Waals surface area contributed by atoms with Crippen molar-refractivity contribution in [3.05, 3.63) is 36.4 Å². The largest absolute Gasteiger partial charge is 0.504 e. The van der Waals surface area contributed by atoms with Crippen LogP contribution in [0.2, 0.25) is 0 Å². The average Bonchev–Trinajstić information content (AvgIpc) is 2.22. The van der Waals surface area contributed by atoms with E-state index in [4.69, 9.17) is 10.5 Å². The number of aromatic hydroxyl groups is 1. The van der Waals surface area contributed by atoms with Gasteiger partial charge in [0.1, 0.15) is 0 Å². The lowest BCUT2D eigenvalue weighted by Gasteiger charge is -2.06. The van der Waals surface area contributed by atoms with Crippen LogP contribution in [0, 0.1) is 0 Å². The second-order valence-electron chi connectivity index (χ2n) is 3.07. The molecule has 0 heterocycles. The van der Waals surface area contributed by atoms with Crippen LogP contribution in [-0.4, -0.2) is 17.0 Å². The minimum absolute atomic E-state index is 0.0128. The zero-order chi connectivity index (χ0) is 12.1. The Morgan fingerprint density at radius 3 is 2.75 bits per heavy atom. The van der Waals surface area contributed by atoms with Crippen LogP contribution < -0.4 is 10.5 Å². The molecule has 1 amide bonds. The first-order chi connectivity index (χ1) is 7.52. The fourth-order valence-electron chi connectivity index (χ4n) is 1.10. The van der Waals surface area contributed by atoms with Gasteiger partial charge in [0, 0.05) is 6.08 Å². The summed E-state index contributed by atoms with van der Waals surface area (Å²) in [5.74, 6) is -1.41. The predicted molar refractivity (Wildman–Crippen MR) is 56.8 cm³/mol. The summed E-state index contributed by atoms with van der Waals surface area (Å²) in [5.41, 5.74) is 5.57. The smallest absolute Gasteiger partial charge is 0.335 e. The number of hydrogen-bond donors (Lipinski definition) is 2. The number of rotatable bonds is 4. The minimum Gasteiger partial charge on any atom is -0.504 e. The third kappa shape index (κ3) is 3.13. The maximum atomic E-state index is 10.9. The Morgan fingerprint density at radius 1 is 1.50 bits per heavy atom. The minimum atomic E-state index is -0.688. The van der Waals surface area contributed by atoms with E-state index in [9.17, 15) is 14.7 Å². The molecule has 0 unspecified atom stereocenters. The Bertz CT molecular complexity index is 440. The monoisotopic (exact) mass is 221 g/mol. The van der Waals surface area contributed by atoms with Crippen molar-refractivity contribution < 1.29 is 19.4 Å². The molecule has 0 saturated carbocycles. The van der Waals surface area contributed by atoms with Gasteiger partial charge in [0.2, 0.25) is 5.91 Å². The van der Waals surface area contributed by atoms with Gasteiger partial charge in [-0.05, 0) is 17.7 Å². The third-order valence-electron chi connectivity index (χ3n) is 1.78. The summed E-state index contributed by atoms with van der Waals surface area (Å²) in [6, 6.07) is 4.22. The highest BCUT2D eigenvalue weighted by molar-refractivity contribution is 5.84. The molecule has 0 aromatic heterocycles. The number of carbonyl (C=O) groups is 2. The number of carbonyl (C=O) groups excluding carboxylic acids is 2. The Labute approximate surface area is 92.1 Å². The van der Waals surface area contributed by atoms with Crippen LogP contribution in [0.5, 0.6) is 11.5 Å². The lowest BCUT2D eigenvalue weighted by atomic mass is 10.1. The highest BCUT2D eigenvalue weighted by Gasteiger charge is 2.08. The zero-order valence-electron chi connectivity index (χ0n) is 8.47. The van der Waals surface area contributed by atoms with E-state index >= 15 is 0 Å². The molecule has 0 aliphatic carbocycles. The molecular weight excluding hydrogens is 210 g/mol. The van der Waals surface area contributed by atoms with Crippen molar-refractivity contribution in [3.8, 4) is 11.5 Å². The maximum Gasteiger partial charge on any atom is 0.335 e. The van der Waals surface area contributed by atoms with Crippen molar-refractivity contribution >= 4 is 11.9 Å². The molecule has 0 radical (unpaired) electrons. The van der Waals surface area contributed by atoms with E-state index < -0.39 is 11.9 Å². The molecule has 0 aliphatic heterocycles. The van der Waals surface area contributed by atoms with Crippen molar-refractivity contribution in [2.75, 3.05) is 0 Å². The van der Waals surface area contributed by atoms with Gasteiger partial charge in [-0.25, -0.2) is 4.79 Å². The van der Waals surface area contributed by atoms with Crippen molar-refractivity contribution in [2.45, 2.75) is 6.42 Å². The van der Waals surface area contributed by atoms with E-state index in [2.05, 4.69) is 6.58 Å². The van der Waals surface area contributed by atoms with E-state index in [0.29, 0.717) is 5.56 Å². The normalized spacial score (nSPS) is 9.50. The van der Waals surface area contributed by atoms with Crippen LogP contribution in [-0.2, 0) is 16.0 Å². The Morgan fingerprint density at radius 2 is 2.19 bits per heavy atom. The highest BCUT2D eigenvalue weighted by atomic mass is 16.5. The first-order valence-corrected chi connectivity index (χ1v) is 4.47. The molecule has 0 bridgehead atoms. The molecule has 1 aromatic rings. The molecule has 16 heavy (non-hydrogen) atoms. The summed E-state index contributed by atoms with van der Waals surface area (Å²) in [6.07, 6.45) is 0.985. The number of esters is 1. The molecule has 0 atom stereocenters. The number of phenolic OH excluding ortho intramolecular Hbond substituents is 1. The second kappa shape index (κ2) is 4.97. The number of nitrogens with two attached hydrogens (primary N) is 1. The van der Waals surface area contributed by atoms with Gasteiger partial charge in [-0.2, -0.15) is 0 Å². The standard InChI is InChI=1S/C11H11NO4/c1-2-11(15)16-9-5-7(6-10(12)14)3-4-8(9)13/h2-5,13H,1,6H2,(H2,12,14). The van der Waals surface area contributed by atoms with Crippen LogP contribution in [0.1, 0.15) is 5.56 Å². The molecule has 5 nitrogen and oxygen atoms in total. The molecule has 0 spiro atoms. The van der Waals surface area contributed by atoms with Crippen molar-refractivity contribution in [2.24, 2.45) is 5.73 Å². The lowest BCUT2D eigenvalue weighted by Crippen LogP contribution is -2.13. The number of ether oxygens (including phenoxy) is 1. The number of amides is 1. The van der Waals surface area contributed by atoms with E-state index in [1.807, 2.05) is 0 Å². The van der Waals surface area contributed by atoms with Crippen LogP contribution in [0.25, 0.3) is 0 Å². The van der Waals surface area contributed by atoms with Crippen LogP contribution in [0.4, 0.5) is 0 Å². The van der Waals surface area contributed by atoms with Gasteiger partial charge in [-0.15, -0.1) is 0 Å². The van der Waals surface area contributed by atoms with Gasteiger partial charge in [0.05, 0.1) is 6.42 Å². The van der Waals surface area contributed by atoms with Crippen LogP contribution in [0.3, 0.4) is 0 Å². The highest BCUT2D eigenvalue weighted by Crippen LogP contribution is 2.27. The van der Waals surface area contributed by atoms with E-state index in [1.54, 1.807) is 0 Å². The Hall–Kier alpha value is -2.30. The molecule has 0 fully saturated rings. The number of hydrogen-bond acceptors (Lipinski definition) is 4. The topological polar surface area (TPSA) is 89.6 Å². The Kier molecular flexibility index (Phi) is 3.66. The predicted octanol–water partition coefficient (Wildman–Crippen LogP) is 0.511. The van der Waals surface area contributed by atoms with E-state index in [-0.39, 0.29) is 17.9 Å². The summed E-state index contributed by atoms with van der Waals surface area (Å²) >= 11 is 0. The van der Waals surface area contributed by atoms with Gasteiger partial charge in [-0.3, -0.25) is 4.79 Å². The molecule has 1 rings (SSSR count). The van der Waals surface area contributed by atoms with Crippen LogP contribution in [0.15, 0.2) is 30.9 Å². The third-order valence-corrected chi connectivity index (χ3v) is 1.78. The van der Waals surface area contributed by atoms with E-state index in [0.717, 1.165) is 6.08 Å². The summed E-state index contributed by atoms with van der Waals surface area (Å²) in [4.78, 5) is 21.6. The Balaban J connectivity index is 2.94. The maximum absolute atomic E-state index is 10.9. The summed E-state index contributed by atoms with van der Waals surface area (Å²) in [6.45, 7) is 3.23. The van der Waals surface area contributed by atoms with Gasteiger partial charge in [0.15, 0.2) is 11.5 Å². The first kappa shape index (κ1) is 11.8. The molecule has 0 aliphatic rings. The van der Waals surface area contributed by atoms with Crippen molar-refractivity contribution in [3.63, 3.8) is 0 Å². The van der Waals surface area contributed by atoms with Gasteiger partial charge in [0.25, 0.3) is 0 Å². The summed E-state index contributed by atoms with van der Waals surface area (Å²) < 4.78 is 4.76. The fraction of sp³-hybridized carbons (Fsp3) is 0.0909. The molecule has 1 aromatic carbocycles. The van der Waals surface area contributed by atoms with Crippen molar-refractivity contribution in [1.82, 2.24) is 0 Å². The number of benzene rings is 1. The fourth-order valence-corrected chi connectivity index (χ4v) is 1.10. The molecule has 0 saturated heterocycles. The summed E-state index contributed by atoms with van der Waals surface area (Å²) in [7, 11) is 0. The average molecular weight is 221 g/mol. The summed E-state index contributed by atoms with van der Waals surface area (Å²) in [5, 5.41) is 9.39.